The Balaban J connectivity index is 1.70. The Labute approximate surface area is 125 Å². The second kappa shape index (κ2) is 5.74. The number of thiophene rings is 1. The van der Waals surface area contributed by atoms with Crippen molar-refractivity contribution in [2.75, 3.05) is 13.1 Å². The van der Waals surface area contributed by atoms with Crippen LogP contribution in [-0.4, -0.2) is 35.7 Å². The highest BCUT2D eigenvalue weighted by atomic mass is 32.1. The van der Waals surface area contributed by atoms with Gasteiger partial charge in [0.2, 0.25) is 0 Å². The van der Waals surface area contributed by atoms with Gasteiger partial charge in [0, 0.05) is 35.4 Å². The van der Waals surface area contributed by atoms with Gasteiger partial charge in [-0.25, -0.2) is 4.79 Å². The lowest BCUT2D eigenvalue weighted by Gasteiger charge is -2.40. The molecule has 1 aliphatic rings. The van der Waals surface area contributed by atoms with Crippen LogP contribution in [0.1, 0.15) is 36.1 Å². The number of likely N-dealkylation sites (tertiary alicyclic amines) is 1. The van der Waals surface area contributed by atoms with Crippen molar-refractivity contribution < 1.29 is 9.53 Å². The summed E-state index contributed by atoms with van der Waals surface area (Å²) in [6.07, 6.45) is -0.210. The van der Waals surface area contributed by atoms with Gasteiger partial charge < -0.3 is 15.0 Å². The molecule has 1 aromatic rings. The quantitative estimate of drug-likeness (QED) is 0.932. The zero-order chi connectivity index (χ0) is 14.9. The lowest BCUT2D eigenvalue weighted by Crippen LogP contribution is -2.60. The van der Waals surface area contributed by atoms with Crippen LogP contribution in [0.15, 0.2) is 6.07 Å². The number of ether oxygens (including phenoxy) is 1. The van der Waals surface area contributed by atoms with Gasteiger partial charge in [0.1, 0.15) is 5.60 Å². The number of amides is 1. The monoisotopic (exact) mass is 296 g/mol. The SMILES string of the molecule is Cc1cc(CNC2CN(C(=O)OC(C)(C)C)C2)sc1C. The number of hydrogen-bond acceptors (Lipinski definition) is 4. The Morgan fingerprint density at radius 3 is 2.60 bits per heavy atom. The molecule has 4 nitrogen and oxygen atoms in total. The van der Waals surface area contributed by atoms with Crippen molar-refractivity contribution in [3.8, 4) is 0 Å². The molecule has 2 heterocycles. The van der Waals surface area contributed by atoms with Gasteiger partial charge in [-0.2, -0.15) is 0 Å². The lowest BCUT2D eigenvalue weighted by atomic mass is 10.1. The molecule has 1 fully saturated rings. The maximum absolute atomic E-state index is 11.8. The number of carbonyl (C=O) groups is 1. The van der Waals surface area contributed by atoms with Crippen molar-refractivity contribution in [2.24, 2.45) is 0 Å². The van der Waals surface area contributed by atoms with Crippen LogP contribution >= 0.6 is 11.3 Å². The highest BCUT2D eigenvalue weighted by Crippen LogP contribution is 2.21. The molecule has 0 saturated carbocycles. The number of carbonyl (C=O) groups excluding carboxylic acids is 1. The largest absolute Gasteiger partial charge is 0.444 e. The molecule has 1 saturated heterocycles. The molecule has 0 atom stereocenters. The predicted molar refractivity (Wildman–Crippen MR) is 82.2 cm³/mol. The predicted octanol–water partition coefficient (Wildman–Crippen LogP) is 3.07. The standard InChI is InChI=1S/C15H24N2O2S/c1-10-6-13(20-11(10)2)7-16-12-8-17(9-12)14(18)19-15(3,4)5/h6,12,16H,7-9H2,1-5H3. The zero-order valence-electron chi connectivity index (χ0n) is 12.9. The summed E-state index contributed by atoms with van der Waals surface area (Å²) in [6.45, 7) is 12.3. The molecule has 0 aliphatic carbocycles. The molecule has 1 N–H and O–H groups in total. The third-order valence-electron chi connectivity index (χ3n) is 3.32. The Kier molecular flexibility index (Phi) is 4.39. The third-order valence-corrected chi connectivity index (χ3v) is 4.47. The van der Waals surface area contributed by atoms with E-state index in [0.717, 1.165) is 19.6 Å². The zero-order valence-corrected chi connectivity index (χ0v) is 13.8. The van der Waals surface area contributed by atoms with Gasteiger partial charge in [0.05, 0.1) is 0 Å². The van der Waals surface area contributed by atoms with Crippen LogP contribution in [0.25, 0.3) is 0 Å². The van der Waals surface area contributed by atoms with Crippen molar-refractivity contribution in [2.45, 2.75) is 52.8 Å². The van der Waals surface area contributed by atoms with E-state index < -0.39 is 5.60 Å². The van der Waals surface area contributed by atoms with E-state index >= 15 is 0 Å². The van der Waals surface area contributed by atoms with Crippen molar-refractivity contribution in [1.29, 1.82) is 0 Å². The molecule has 2 rings (SSSR count). The first-order chi connectivity index (χ1) is 9.24. The Morgan fingerprint density at radius 1 is 1.45 bits per heavy atom. The van der Waals surface area contributed by atoms with E-state index in [0.29, 0.717) is 6.04 Å². The molecule has 1 amide bonds. The Bertz CT molecular complexity index is 465. The van der Waals surface area contributed by atoms with E-state index in [-0.39, 0.29) is 6.09 Å². The summed E-state index contributed by atoms with van der Waals surface area (Å²) in [6, 6.07) is 2.61. The van der Waals surface area contributed by atoms with Gasteiger partial charge in [0.25, 0.3) is 0 Å². The molecular weight excluding hydrogens is 272 g/mol. The second-order valence-electron chi connectivity index (χ2n) is 6.42. The van der Waals surface area contributed by atoms with Crippen molar-refractivity contribution in [3.63, 3.8) is 0 Å². The van der Waals surface area contributed by atoms with E-state index in [1.165, 1.54) is 15.3 Å². The van der Waals surface area contributed by atoms with Crippen molar-refractivity contribution in [1.82, 2.24) is 10.2 Å². The molecule has 112 valence electrons. The maximum Gasteiger partial charge on any atom is 0.410 e. The summed E-state index contributed by atoms with van der Waals surface area (Å²) < 4.78 is 5.33. The molecule has 0 aromatic carbocycles. The number of nitrogens with one attached hydrogen (secondary N) is 1. The fourth-order valence-electron chi connectivity index (χ4n) is 2.06. The van der Waals surface area contributed by atoms with E-state index in [1.807, 2.05) is 32.1 Å². The summed E-state index contributed by atoms with van der Waals surface area (Å²) in [5.74, 6) is 0. The van der Waals surface area contributed by atoms with Crippen molar-refractivity contribution >= 4 is 17.4 Å². The van der Waals surface area contributed by atoms with E-state index in [9.17, 15) is 4.79 Å². The molecule has 1 aliphatic heterocycles. The number of rotatable bonds is 3. The summed E-state index contributed by atoms with van der Waals surface area (Å²) in [5, 5.41) is 3.48. The van der Waals surface area contributed by atoms with Crippen LogP contribution in [0, 0.1) is 13.8 Å². The average molecular weight is 296 g/mol. The summed E-state index contributed by atoms with van der Waals surface area (Å²) in [7, 11) is 0. The Hall–Kier alpha value is -1.07. The van der Waals surface area contributed by atoms with Crippen LogP contribution in [-0.2, 0) is 11.3 Å². The van der Waals surface area contributed by atoms with E-state index in [2.05, 4.69) is 25.2 Å². The van der Waals surface area contributed by atoms with Gasteiger partial charge in [0.15, 0.2) is 0 Å². The minimum atomic E-state index is -0.415. The fourth-order valence-corrected chi connectivity index (χ4v) is 3.07. The highest BCUT2D eigenvalue weighted by molar-refractivity contribution is 7.12. The van der Waals surface area contributed by atoms with Gasteiger partial charge in [-0.05, 0) is 46.2 Å². The number of aryl methyl sites for hydroxylation is 2. The van der Waals surface area contributed by atoms with Crippen LogP contribution in [0.3, 0.4) is 0 Å². The fraction of sp³-hybridized carbons (Fsp3) is 0.667. The van der Waals surface area contributed by atoms with Gasteiger partial charge >= 0.3 is 6.09 Å². The van der Waals surface area contributed by atoms with Crippen LogP contribution in [0.4, 0.5) is 4.79 Å². The normalized spacial score (nSPS) is 16.1. The van der Waals surface area contributed by atoms with Crippen LogP contribution in [0.5, 0.6) is 0 Å². The first-order valence-corrected chi connectivity index (χ1v) is 7.83. The number of nitrogens with zero attached hydrogens (tertiary/aromatic N) is 1. The smallest absolute Gasteiger partial charge is 0.410 e. The topological polar surface area (TPSA) is 41.6 Å². The summed E-state index contributed by atoms with van der Waals surface area (Å²) >= 11 is 1.84. The average Bonchev–Trinajstić information content (AvgIpc) is 2.53. The maximum atomic E-state index is 11.8. The minimum absolute atomic E-state index is 0.210. The van der Waals surface area contributed by atoms with Gasteiger partial charge in [-0.3, -0.25) is 0 Å². The van der Waals surface area contributed by atoms with Crippen molar-refractivity contribution in [3.05, 3.63) is 21.4 Å². The van der Waals surface area contributed by atoms with Gasteiger partial charge in [-0.15, -0.1) is 11.3 Å². The minimum Gasteiger partial charge on any atom is -0.444 e. The molecule has 0 bridgehead atoms. The molecule has 0 radical (unpaired) electrons. The molecule has 1 aromatic heterocycles. The van der Waals surface area contributed by atoms with Gasteiger partial charge in [-0.1, -0.05) is 0 Å². The summed E-state index contributed by atoms with van der Waals surface area (Å²) in [5.41, 5.74) is 0.942. The lowest BCUT2D eigenvalue weighted by molar-refractivity contribution is 0.00521. The highest BCUT2D eigenvalue weighted by Gasteiger charge is 2.33. The third kappa shape index (κ3) is 3.96. The van der Waals surface area contributed by atoms with Crippen LogP contribution < -0.4 is 5.32 Å². The number of hydrogen-bond donors (Lipinski definition) is 1. The molecular formula is C15H24N2O2S. The summed E-state index contributed by atoms with van der Waals surface area (Å²) in [4.78, 5) is 16.3. The first kappa shape index (κ1) is 15.3. The van der Waals surface area contributed by atoms with E-state index in [1.54, 1.807) is 4.90 Å². The second-order valence-corrected chi connectivity index (χ2v) is 7.76. The molecule has 0 spiro atoms. The molecule has 0 unspecified atom stereocenters. The molecule has 5 heteroatoms. The van der Waals surface area contributed by atoms with Crippen LogP contribution in [0.2, 0.25) is 0 Å². The first-order valence-electron chi connectivity index (χ1n) is 7.02. The Morgan fingerprint density at radius 2 is 2.10 bits per heavy atom. The van der Waals surface area contributed by atoms with E-state index in [4.69, 9.17) is 4.74 Å². The molecule has 20 heavy (non-hydrogen) atoms.